The van der Waals surface area contributed by atoms with Crippen LogP contribution in [0.15, 0.2) is 49.6 Å². The fourth-order valence-electron chi connectivity index (χ4n) is 3.30. The SMILES string of the molecule is COC(=O)c1ccc(CSc2nc3c(c(=O)n2-c2cc(C)cc(C)c2)SCC3)o1. The zero-order valence-electron chi connectivity index (χ0n) is 16.4. The van der Waals surface area contributed by atoms with E-state index in [1.807, 2.05) is 26.0 Å². The summed E-state index contributed by atoms with van der Waals surface area (Å²) in [5.41, 5.74) is 3.82. The second-order valence-corrected chi connectivity index (χ2v) is 8.85. The third kappa shape index (κ3) is 4.00. The number of aromatic nitrogens is 2. The molecule has 1 aromatic carbocycles. The summed E-state index contributed by atoms with van der Waals surface area (Å²) in [4.78, 5) is 30.4. The lowest BCUT2D eigenvalue weighted by molar-refractivity contribution is 0.0563. The molecule has 0 bridgehead atoms. The average molecular weight is 429 g/mol. The minimum absolute atomic E-state index is 0.0281. The van der Waals surface area contributed by atoms with Crippen LogP contribution in [0.4, 0.5) is 0 Å². The summed E-state index contributed by atoms with van der Waals surface area (Å²) in [7, 11) is 1.31. The predicted molar refractivity (Wildman–Crippen MR) is 113 cm³/mol. The van der Waals surface area contributed by atoms with E-state index in [0.717, 1.165) is 39.6 Å². The molecule has 29 heavy (non-hydrogen) atoms. The van der Waals surface area contributed by atoms with Gasteiger partial charge in [-0.25, -0.2) is 9.78 Å². The van der Waals surface area contributed by atoms with Gasteiger partial charge < -0.3 is 9.15 Å². The number of carbonyl (C=O) groups excluding carboxylic acids is 1. The molecule has 3 aromatic rings. The molecule has 0 unspecified atom stereocenters. The fraction of sp³-hybridized carbons (Fsp3) is 0.286. The number of aryl methyl sites for hydroxylation is 3. The number of esters is 1. The van der Waals surface area contributed by atoms with Crippen molar-refractivity contribution in [3.63, 3.8) is 0 Å². The van der Waals surface area contributed by atoms with Crippen molar-refractivity contribution in [2.75, 3.05) is 12.9 Å². The highest BCUT2D eigenvalue weighted by molar-refractivity contribution is 7.99. The van der Waals surface area contributed by atoms with Gasteiger partial charge in [-0.15, -0.1) is 11.8 Å². The van der Waals surface area contributed by atoms with Gasteiger partial charge in [-0.3, -0.25) is 9.36 Å². The standard InChI is InChI=1S/C21H20N2O4S2/c1-12-8-13(2)10-14(9-12)23-19(24)18-16(6-7-28-18)22-21(23)29-11-15-4-5-17(27-15)20(25)26-3/h4-5,8-10H,6-7,11H2,1-3H3. The van der Waals surface area contributed by atoms with Gasteiger partial charge in [0.05, 0.1) is 29.1 Å². The van der Waals surface area contributed by atoms with Gasteiger partial charge in [0.25, 0.3) is 5.56 Å². The molecule has 0 saturated carbocycles. The van der Waals surface area contributed by atoms with Crippen LogP contribution in [0.5, 0.6) is 0 Å². The van der Waals surface area contributed by atoms with Crippen molar-refractivity contribution in [2.24, 2.45) is 0 Å². The molecule has 0 aliphatic carbocycles. The Labute approximate surface area is 176 Å². The predicted octanol–water partition coefficient (Wildman–Crippen LogP) is 4.17. The Hall–Kier alpha value is -2.45. The normalized spacial score (nSPS) is 12.8. The van der Waals surface area contributed by atoms with Crippen LogP contribution in [0.2, 0.25) is 0 Å². The van der Waals surface area contributed by atoms with Gasteiger partial charge in [0.2, 0.25) is 5.76 Å². The Morgan fingerprint density at radius 2 is 2.03 bits per heavy atom. The number of fused-ring (bicyclic) bond motifs is 1. The van der Waals surface area contributed by atoms with Crippen LogP contribution in [-0.2, 0) is 16.9 Å². The highest BCUT2D eigenvalue weighted by Crippen LogP contribution is 2.31. The van der Waals surface area contributed by atoms with Crippen molar-refractivity contribution in [1.82, 2.24) is 9.55 Å². The number of hydrogen-bond donors (Lipinski definition) is 0. The lowest BCUT2D eigenvalue weighted by Gasteiger charge is -2.14. The van der Waals surface area contributed by atoms with Crippen LogP contribution < -0.4 is 5.56 Å². The summed E-state index contributed by atoms with van der Waals surface area (Å²) in [5, 5.41) is 0.622. The number of hydrogen-bond acceptors (Lipinski definition) is 7. The number of carbonyl (C=O) groups is 1. The maximum atomic E-state index is 13.3. The molecule has 1 aliphatic rings. The van der Waals surface area contributed by atoms with Gasteiger partial charge in [0.1, 0.15) is 5.76 Å². The van der Waals surface area contributed by atoms with Gasteiger partial charge in [0, 0.05) is 12.2 Å². The van der Waals surface area contributed by atoms with Crippen LogP contribution in [0.25, 0.3) is 5.69 Å². The monoisotopic (exact) mass is 428 g/mol. The molecule has 6 nitrogen and oxygen atoms in total. The minimum Gasteiger partial charge on any atom is -0.463 e. The van der Waals surface area contributed by atoms with E-state index in [9.17, 15) is 9.59 Å². The second kappa shape index (κ2) is 8.12. The average Bonchev–Trinajstić information content (AvgIpc) is 3.34. The highest BCUT2D eigenvalue weighted by Gasteiger charge is 2.23. The summed E-state index contributed by atoms with van der Waals surface area (Å²) in [6.45, 7) is 4.03. The Morgan fingerprint density at radius 1 is 1.28 bits per heavy atom. The molecule has 0 N–H and O–H groups in total. The largest absolute Gasteiger partial charge is 0.463 e. The molecule has 0 amide bonds. The van der Waals surface area contributed by atoms with E-state index >= 15 is 0 Å². The molecule has 0 fully saturated rings. The molecule has 0 spiro atoms. The molecule has 0 radical (unpaired) electrons. The zero-order valence-corrected chi connectivity index (χ0v) is 18.0. The molecular formula is C21H20N2O4S2. The number of nitrogens with zero attached hydrogens (tertiary/aromatic N) is 2. The van der Waals surface area contributed by atoms with Gasteiger partial charge in [0.15, 0.2) is 5.16 Å². The lowest BCUT2D eigenvalue weighted by atomic mass is 10.1. The molecule has 0 saturated heterocycles. The Bertz CT molecular complexity index is 1130. The first-order valence-electron chi connectivity index (χ1n) is 9.13. The summed E-state index contributed by atoms with van der Waals surface area (Å²) in [5.74, 6) is 1.58. The van der Waals surface area contributed by atoms with E-state index in [-0.39, 0.29) is 11.3 Å². The van der Waals surface area contributed by atoms with Gasteiger partial charge in [-0.1, -0.05) is 17.8 Å². The first-order chi connectivity index (χ1) is 14.0. The van der Waals surface area contributed by atoms with Crippen molar-refractivity contribution in [2.45, 2.75) is 36.1 Å². The highest BCUT2D eigenvalue weighted by atomic mass is 32.2. The number of ether oxygens (including phenoxy) is 1. The van der Waals surface area contributed by atoms with Gasteiger partial charge in [-0.05, 0) is 49.2 Å². The van der Waals surface area contributed by atoms with Crippen molar-refractivity contribution in [3.05, 3.63) is 69.0 Å². The van der Waals surface area contributed by atoms with E-state index < -0.39 is 5.97 Å². The van der Waals surface area contributed by atoms with Crippen LogP contribution in [-0.4, -0.2) is 28.4 Å². The van der Waals surface area contributed by atoms with E-state index in [2.05, 4.69) is 10.8 Å². The minimum atomic E-state index is -0.513. The van der Waals surface area contributed by atoms with Crippen LogP contribution >= 0.6 is 23.5 Å². The molecule has 4 rings (SSSR count). The van der Waals surface area contributed by atoms with Crippen LogP contribution in [0.1, 0.15) is 33.1 Å². The maximum Gasteiger partial charge on any atom is 0.373 e. The van der Waals surface area contributed by atoms with E-state index in [1.54, 1.807) is 28.5 Å². The number of furan rings is 1. The molecule has 0 atom stereocenters. The Morgan fingerprint density at radius 3 is 2.76 bits per heavy atom. The number of benzene rings is 1. The van der Waals surface area contributed by atoms with Crippen molar-refractivity contribution < 1.29 is 13.9 Å². The molecular weight excluding hydrogens is 408 g/mol. The Kier molecular flexibility index (Phi) is 5.56. The molecule has 150 valence electrons. The van der Waals surface area contributed by atoms with Crippen LogP contribution in [0, 0.1) is 13.8 Å². The summed E-state index contributed by atoms with van der Waals surface area (Å²) < 4.78 is 11.9. The smallest absolute Gasteiger partial charge is 0.373 e. The third-order valence-electron chi connectivity index (χ3n) is 4.52. The van der Waals surface area contributed by atoms with Gasteiger partial charge in [-0.2, -0.15) is 0 Å². The first kappa shape index (κ1) is 19.8. The second-order valence-electron chi connectivity index (χ2n) is 6.80. The zero-order chi connectivity index (χ0) is 20.5. The summed E-state index contributed by atoms with van der Waals surface area (Å²) >= 11 is 2.99. The molecule has 8 heteroatoms. The van der Waals surface area contributed by atoms with Crippen LogP contribution in [0.3, 0.4) is 0 Å². The molecule has 2 aromatic heterocycles. The molecule has 3 heterocycles. The van der Waals surface area contributed by atoms with E-state index in [0.29, 0.717) is 16.7 Å². The molecule has 1 aliphatic heterocycles. The lowest BCUT2D eigenvalue weighted by Crippen LogP contribution is -2.24. The number of rotatable bonds is 5. The van der Waals surface area contributed by atoms with E-state index in [4.69, 9.17) is 9.40 Å². The van der Waals surface area contributed by atoms with Crippen molar-refractivity contribution in [1.29, 1.82) is 0 Å². The third-order valence-corrected chi connectivity index (χ3v) is 6.59. The number of methoxy groups -OCH3 is 1. The Balaban J connectivity index is 1.72. The van der Waals surface area contributed by atoms with Gasteiger partial charge >= 0.3 is 5.97 Å². The summed E-state index contributed by atoms with van der Waals surface area (Å²) in [6, 6.07) is 9.39. The van der Waals surface area contributed by atoms with Crippen molar-refractivity contribution >= 4 is 29.5 Å². The topological polar surface area (TPSA) is 74.3 Å². The maximum absolute atomic E-state index is 13.3. The van der Waals surface area contributed by atoms with Crippen molar-refractivity contribution in [3.8, 4) is 5.69 Å². The quantitative estimate of drug-likeness (QED) is 0.343. The first-order valence-corrected chi connectivity index (χ1v) is 11.1. The summed E-state index contributed by atoms with van der Waals surface area (Å²) in [6.07, 6.45) is 0.795. The van der Waals surface area contributed by atoms with E-state index in [1.165, 1.54) is 18.9 Å². The fourth-order valence-corrected chi connectivity index (χ4v) is 5.25. The number of thioether (sulfide) groups is 2.